The van der Waals surface area contributed by atoms with Gasteiger partial charge < -0.3 is 5.32 Å². The van der Waals surface area contributed by atoms with E-state index in [1.807, 2.05) is 6.92 Å². The van der Waals surface area contributed by atoms with Crippen LogP contribution in [-0.4, -0.2) is 31.7 Å². The second-order valence-electron chi connectivity index (χ2n) is 5.73. The highest BCUT2D eigenvalue weighted by Gasteiger charge is 2.34. The van der Waals surface area contributed by atoms with Gasteiger partial charge >= 0.3 is 6.18 Å². The van der Waals surface area contributed by atoms with Crippen molar-refractivity contribution in [3.63, 3.8) is 0 Å². The second kappa shape index (κ2) is 7.51. The molecule has 3 aromatic rings. The van der Waals surface area contributed by atoms with E-state index < -0.39 is 11.9 Å². The molecule has 0 spiro atoms. The van der Waals surface area contributed by atoms with E-state index >= 15 is 0 Å². The lowest BCUT2D eigenvalue weighted by molar-refractivity contribution is -0.141. The first-order valence-corrected chi connectivity index (χ1v) is 8.04. The van der Waals surface area contributed by atoms with Gasteiger partial charge in [-0.25, -0.2) is 9.97 Å². The first-order valence-electron chi connectivity index (χ1n) is 8.04. The normalized spacial score (nSPS) is 11.5. The lowest BCUT2D eigenvalue weighted by Crippen LogP contribution is -2.13. The van der Waals surface area contributed by atoms with Crippen LogP contribution in [0.4, 0.5) is 19.0 Å². The third-order valence-corrected chi connectivity index (χ3v) is 3.77. The van der Waals surface area contributed by atoms with Gasteiger partial charge in [-0.2, -0.15) is 18.3 Å². The maximum absolute atomic E-state index is 13.1. The smallest absolute Gasteiger partial charge is 0.370 e. The molecule has 3 aromatic heterocycles. The van der Waals surface area contributed by atoms with Crippen molar-refractivity contribution in [3.8, 4) is 11.5 Å². The van der Waals surface area contributed by atoms with E-state index in [2.05, 4.69) is 30.5 Å². The van der Waals surface area contributed by atoms with E-state index in [9.17, 15) is 13.2 Å². The molecule has 0 aliphatic heterocycles. The van der Waals surface area contributed by atoms with E-state index in [0.717, 1.165) is 30.2 Å². The molecule has 3 rings (SSSR count). The number of pyridine rings is 1. The van der Waals surface area contributed by atoms with E-state index in [1.165, 1.54) is 6.20 Å². The van der Waals surface area contributed by atoms with Crippen LogP contribution in [0.5, 0.6) is 0 Å². The van der Waals surface area contributed by atoms with Crippen LogP contribution in [0.15, 0.2) is 36.7 Å². The Morgan fingerprint density at radius 2 is 2.04 bits per heavy atom. The van der Waals surface area contributed by atoms with Crippen molar-refractivity contribution in [1.29, 1.82) is 0 Å². The molecule has 6 nitrogen and oxygen atoms in total. The van der Waals surface area contributed by atoms with Crippen LogP contribution in [-0.2, 0) is 12.6 Å². The van der Waals surface area contributed by atoms with E-state index in [0.29, 0.717) is 6.54 Å². The number of rotatable bonds is 6. The number of anilines is 1. The molecular weight excluding hydrogens is 345 g/mol. The number of nitrogens with zero attached hydrogens (tertiary/aromatic N) is 4. The molecule has 0 unspecified atom stereocenters. The molecule has 0 fully saturated rings. The molecule has 0 radical (unpaired) electrons. The van der Waals surface area contributed by atoms with Gasteiger partial charge in [-0.3, -0.25) is 10.1 Å². The first-order chi connectivity index (χ1) is 12.4. The monoisotopic (exact) mass is 362 g/mol. The molecule has 136 valence electrons. The molecule has 0 saturated heterocycles. The maximum atomic E-state index is 13.1. The third kappa shape index (κ3) is 4.35. The fourth-order valence-corrected chi connectivity index (χ4v) is 2.42. The summed E-state index contributed by atoms with van der Waals surface area (Å²) in [6.07, 6.45) is 0.168. The Hall–Kier alpha value is -2.97. The van der Waals surface area contributed by atoms with Gasteiger partial charge in [0.05, 0.1) is 6.20 Å². The van der Waals surface area contributed by atoms with Gasteiger partial charge in [0.1, 0.15) is 11.5 Å². The fraction of sp³-hybridized carbons (Fsp3) is 0.294. The van der Waals surface area contributed by atoms with Crippen molar-refractivity contribution in [2.45, 2.75) is 25.9 Å². The van der Waals surface area contributed by atoms with Crippen LogP contribution >= 0.6 is 0 Å². The molecule has 2 N–H and O–H groups in total. The number of alkyl halides is 3. The maximum Gasteiger partial charge on any atom is 0.433 e. The minimum absolute atomic E-state index is 0.0615. The van der Waals surface area contributed by atoms with Crippen LogP contribution in [0.3, 0.4) is 0 Å². The Bertz CT molecular complexity index is 860. The summed E-state index contributed by atoms with van der Waals surface area (Å²) in [5.41, 5.74) is 1.36. The SMILES string of the molecule is Cc1[nH]ncc1CCCNc1cc(C(F)(F)F)nc(-c2ccccn2)n1. The van der Waals surface area contributed by atoms with Gasteiger partial charge in [-0.15, -0.1) is 0 Å². The first kappa shape index (κ1) is 17.8. The Kier molecular flexibility index (Phi) is 5.15. The highest BCUT2D eigenvalue weighted by molar-refractivity contribution is 5.53. The quantitative estimate of drug-likeness (QED) is 0.655. The summed E-state index contributed by atoms with van der Waals surface area (Å²) in [7, 11) is 0. The predicted octanol–water partition coefficient (Wildman–Crippen LogP) is 3.63. The molecule has 0 aliphatic carbocycles. The average Bonchev–Trinajstić information content (AvgIpc) is 3.03. The zero-order valence-corrected chi connectivity index (χ0v) is 14.0. The van der Waals surface area contributed by atoms with Gasteiger partial charge in [-0.1, -0.05) is 6.07 Å². The molecular formula is C17H17F3N6. The highest BCUT2D eigenvalue weighted by Crippen LogP contribution is 2.30. The number of aromatic nitrogens is 5. The Morgan fingerprint density at radius 3 is 2.69 bits per heavy atom. The molecule has 0 atom stereocenters. The van der Waals surface area contributed by atoms with Crippen molar-refractivity contribution in [3.05, 3.63) is 53.6 Å². The minimum Gasteiger partial charge on any atom is -0.370 e. The summed E-state index contributed by atoms with van der Waals surface area (Å²) in [5.74, 6) is 0.0606. The Morgan fingerprint density at radius 1 is 1.19 bits per heavy atom. The number of hydrogen-bond donors (Lipinski definition) is 2. The third-order valence-electron chi connectivity index (χ3n) is 3.77. The molecule has 0 bridgehead atoms. The lowest BCUT2D eigenvalue weighted by atomic mass is 10.1. The van der Waals surface area contributed by atoms with Gasteiger partial charge in [0.25, 0.3) is 0 Å². The predicted molar refractivity (Wildman–Crippen MR) is 90.4 cm³/mol. The number of aryl methyl sites for hydroxylation is 2. The van der Waals surface area contributed by atoms with Crippen molar-refractivity contribution < 1.29 is 13.2 Å². The topological polar surface area (TPSA) is 79.4 Å². The second-order valence-corrected chi connectivity index (χ2v) is 5.73. The van der Waals surface area contributed by atoms with E-state index in [-0.39, 0.29) is 17.3 Å². The lowest BCUT2D eigenvalue weighted by Gasteiger charge is -2.11. The molecule has 3 heterocycles. The molecule has 26 heavy (non-hydrogen) atoms. The van der Waals surface area contributed by atoms with Crippen molar-refractivity contribution in [2.75, 3.05) is 11.9 Å². The van der Waals surface area contributed by atoms with Crippen LogP contribution in [0, 0.1) is 6.92 Å². The zero-order valence-electron chi connectivity index (χ0n) is 14.0. The summed E-state index contributed by atoms with van der Waals surface area (Å²) >= 11 is 0. The Labute approximate surface area is 147 Å². The molecule has 0 saturated carbocycles. The largest absolute Gasteiger partial charge is 0.433 e. The van der Waals surface area contributed by atoms with E-state index in [1.54, 1.807) is 24.4 Å². The summed E-state index contributed by atoms with van der Waals surface area (Å²) in [6, 6.07) is 5.83. The van der Waals surface area contributed by atoms with Gasteiger partial charge in [-0.05, 0) is 37.5 Å². The van der Waals surface area contributed by atoms with Crippen LogP contribution < -0.4 is 5.32 Å². The van der Waals surface area contributed by atoms with Crippen molar-refractivity contribution in [2.24, 2.45) is 0 Å². The zero-order chi connectivity index (χ0) is 18.6. The standard InChI is InChI=1S/C17H17F3N6/c1-11-12(10-23-26-11)5-4-8-22-15-9-14(17(18,19)20)24-16(25-15)13-6-2-3-7-21-13/h2-3,6-7,9-10H,4-5,8H2,1H3,(H,23,26)(H,22,24,25). The number of nitrogens with one attached hydrogen (secondary N) is 2. The summed E-state index contributed by atoms with van der Waals surface area (Å²) in [4.78, 5) is 11.8. The average molecular weight is 362 g/mol. The van der Waals surface area contributed by atoms with Crippen LogP contribution in [0.1, 0.15) is 23.4 Å². The summed E-state index contributed by atoms with van der Waals surface area (Å²) in [5, 5.41) is 9.74. The van der Waals surface area contributed by atoms with Crippen molar-refractivity contribution in [1.82, 2.24) is 25.1 Å². The summed E-state index contributed by atoms with van der Waals surface area (Å²) in [6.45, 7) is 2.40. The van der Waals surface area contributed by atoms with Crippen LogP contribution in [0.25, 0.3) is 11.5 Å². The van der Waals surface area contributed by atoms with Gasteiger partial charge in [0.15, 0.2) is 11.5 Å². The fourth-order valence-electron chi connectivity index (χ4n) is 2.42. The number of H-pyrrole nitrogens is 1. The van der Waals surface area contributed by atoms with Crippen LogP contribution in [0.2, 0.25) is 0 Å². The van der Waals surface area contributed by atoms with Gasteiger partial charge in [0, 0.05) is 24.5 Å². The molecule has 9 heteroatoms. The highest BCUT2D eigenvalue weighted by atomic mass is 19.4. The van der Waals surface area contributed by atoms with E-state index in [4.69, 9.17) is 0 Å². The molecule has 0 aliphatic rings. The number of aromatic amines is 1. The molecule has 0 amide bonds. The molecule has 0 aromatic carbocycles. The minimum atomic E-state index is -4.56. The number of halogens is 3. The number of hydrogen-bond acceptors (Lipinski definition) is 5. The Balaban J connectivity index is 1.74. The van der Waals surface area contributed by atoms with Crippen molar-refractivity contribution >= 4 is 5.82 Å². The summed E-state index contributed by atoms with van der Waals surface area (Å²) < 4.78 is 39.4. The van der Waals surface area contributed by atoms with Gasteiger partial charge in [0.2, 0.25) is 0 Å².